The van der Waals surface area contributed by atoms with Gasteiger partial charge in [0.1, 0.15) is 11.3 Å². The molecule has 2 aromatic rings. The van der Waals surface area contributed by atoms with Crippen LogP contribution < -0.4 is 5.32 Å². The summed E-state index contributed by atoms with van der Waals surface area (Å²) in [5.74, 6) is 0.855. The summed E-state index contributed by atoms with van der Waals surface area (Å²) in [6.45, 7) is 3.08. The molecule has 2 rings (SSSR count). The number of pyridine rings is 1. The Balaban J connectivity index is 2.13. The molecular weight excluding hydrogens is 220 g/mol. The summed E-state index contributed by atoms with van der Waals surface area (Å²) >= 11 is 1.83. The molecule has 0 spiro atoms. The van der Waals surface area contributed by atoms with Gasteiger partial charge in [-0.25, -0.2) is 9.97 Å². The molecule has 0 aromatic carbocycles. The predicted molar refractivity (Wildman–Crippen MR) is 68.8 cm³/mol. The standard InChI is InChI=1S/C11H14N4S/c1-8(16-2)7-14-10-4-3-9-11(15-10)13-6-5-12-9/h3-6,8H,7H2,1-2H3,(H,13,14,15). The van der Waals surface area contributed by atoms with Gasteiger partial charge in [0.2, 0.25) is 0 Å². The van der Waals surface area contributed by atoms with Crippen LogP contribution in [0.5, 0.6) is 0 Å². The van der Waals surface area contributed by atoms with E-state index in [1.165, 1.54) is 0 Å². The fraction of sp³-hybridized carbons (Fsp3) is 0.364. The second-order valence-electron chi connectivity index (χ2n) is 3.52. The van der Waals surface area contributed by atoms with Gasteiger partial charge < -0.3 is 5.32 Å². The Morgan fingerprint density at radius 2 is 2.12 bits per heavy atom. The summed E-state index contributed by atoms with van der Waals surface area (Å²) < 4.78 is 0. The van der Waals surface area contributed by atoms with E-state index in [9.17, 15) is 0 Å². The highest BCUT2D eigenvalue weighted by atomic mass is 32.2. The molecule has 4 nitrogen and oxygen atoms in total. The van der Waals surface area contributed by atoms with Crippen LogP contribution in [0, 0.1) is 0 Å². The van der Waals surface area contributed by atoms with Crippen LogP contribution in [0.2, 0.25) is 0 Å². The number of hydrogen-bond donors (Lipinski definition) is 1. The van der Waals surface area contributed by atoms with Gasteiger partial charge in [-0.2, -0.15) is 11.8 Å². The molecule has 1 unspecified atom stereocenters. The van der Waals surface area contributed by atoms with Crippen LogP contribution in [0.4, 0.5) is 5.82 Å². The molecule has 0 aliphatic carbocycles. The second kappa shape index (κ2) is 5.12. The average molecular weight is 234 g/mol. The van der Waals surface area contributed by atoms with Crippen molar-refractivity contribution in [3.63, 3.8) is 0 Å². The molecule has 0 saturated heterocycles. The molecule has 5 heteroatoms. The van der Waals surface area contributed by atoms with Gasteiger partial charge in [-0.1, -0.05) is 6.92 Å². The molecule has 0 bridgehead atoms. The van der Waals surface area contributed by atoms with Crippen LogP contribution in [0.15, 0.2) is 24.5 Å². The topological polar surface area (TPSA) is 50.7 Å². The fourth-order valence-electron chi connectivity index (χ4n) is 1.28. The molecule has 0 fully saturated rings. The lowest BCUT2D eigenvalue weighted by Crippen LogP contribution is -2.13. The molecule has 2 heterocycles. The first-order valence-electron chi connectivity index (χ1n) is 5.14. The zero-order valence-electron chi connectivity index (χ0n) is 9.34. The van der Waals surface area contributed by atoms with E-state index in [2.05, 4.69) is 33.4 Å². The summed E-state index contributed by atoms with van der Waals surface area (Å²) in [5.41, 5.74) is 1.51. The van der Waals surface area contributed by atoms with Crippen LogP contribution in [-0.4, -0.2) is 33.0 Å². The Kier molecular flexibility index (Phi) is 3.56. The summed E-state index contributed by atoms with van der Waals surface area (Å²) in [6.07, 6.45) is 5.43. The summed E-state index contributed by atoms with van der Waals surface area (Å²) in [5, 5.41) is 3.86. The molecule has 0 saturated carbocycles. The van der Waals surface area contributed by atoms with Gasteiger partial charge in [0.15, 0.2) is 5.65 Å². The van der Waals surface area contributed by atoms with Crippen molar-refractivity contribution in [2.45, 2.75) is 12.2 Å². The maximum Gasteiger partial charge on any atom is 0.180 e. The van der Waals surface area contributed by atoms with Gasteiger partial charge >= 0.3 is 0 Å². The molecule has 0 aliphatic heterocycles. The lowest BCUT2D eigenvalue weighted by Gasteiger charge is -2.10. The van der Waals surface area contributed by atoms with E-state index in [1.54, 1.807) is 12.4 Å². The largest absolute Gasteiger partial charge is 0.369 e. The Hall–Kier alpha value is -1.36. The van der Waals surface area contributed by atoms with E-state index in [4.69, 9.17) is 0 Å². The molecular formula is C11H14N4S. The molecule has 84 valence electrons. The van der Waals surface area contributed by atoms with E-state index in [-0.39, 0.29) is 0 Å². The number of aromatic nitrogens is 3. The smallest absolute Gasteiger partial charge is 0.180 e. The van der Waals surface area contributed by atoms with Crippen molar-refractivity contribution in [1.29, 1.82) is 0 Å². The highest BCUT2D eigenvalue weighted by Gasteiger charge is 2.01. The Morgan fingerprint density at radius 3 is 2.94 bits per heavy atom. The summed E-state index contributed by atoms with van der Waals surface area (Å²) in [7, 11) is 0. The average Bonchev–Trinajstić information content (AvgIpc) is 2.35. The monoisotopic (exact) mass is 234 g/mol. The van der Waals surface area contributed by atoms with Crippen LogP contribution in [-0.2, 0) is 0 Å². The van der Waals surface area contributed by atoms with Gasteiger partial charge in [0.05, 0.1) is 0 Å². The number of nitrogens with zero attached hydrogens (tertiary/aromatic N) is 3. The van der Waals surface area contributed by atoms with Crippen molar-refractivity contribution in [2.75, 3.05) is 18.1 Å². The predicted octanol–water partition coefficient (Wildman–Crippen LogP) is 2.19. The number of rotatable bonds is 4. The van der Waals surface area contributed by atoms with Crippen LogP contribution in [0.3, 0.4) is 0 Å². The molecule has 1 atom stereocenters. The second-order valence-corrected chi connectivity index (χ2v) is 4.80. The van der Waals surface area contributed by atoms with E-state index in [0.29, 0.717) is 10.9 Å². The molecule has 0 amide bonds. The Bertz CT molecular complexity index is 474. The minimum atomic E-state index is 0.569. The van der Waals surface area contributed by atoms with Crippen molar-refractivity contribution < 1.29 is 0 Å². The molecule has 1 N–H and O–H groups in total. The first-order valence-corrected chi connectivity index (χ1v) is 6.43. The molecule has 0 aliphatic rings. The lowest BCUT2D eigenvalue weighted by atomic mass is 10.4. The van der Waals surface area contributed by atoms with Gasteiger partial charge in [-0.3, -0.25) is 4.98 Å². The van der Waals surface area contributed by atoms with Crippen LogP contribution in [0.1, 0.15) is 6.92 Å². The third kappa shape index (κ3) is 2.61. The number of anilines is 1. The van der Waals surface area contributed by atoms with Gasteiger partial charge in [-0.15, -0.1) is 0 Å². The van der Waals surface area contributed by atoms with Crippen LogP contribution >= 0.6 is 11.8 Å². The fourth-order valence-corrected chi connectivity index (χ4v) is 1.53. The number of nitrogens with one attached hydrogen (secondary N) is 1. The van der Waals surface area contributed by atoms with Crippen molar-refractivity contribution >= 4 is 28.7 Å². The zero-order valence-corrected chi connectivity index (χ0v) is 10.2. The third-order valence-corrected chi connectivity index (χ3v) is 3.28. The minimum absolute atomic E-state index is 0.569. The molecule has 2 aromatic heterocycles. The highest BCUT2D eigenvalue weighted by Crippen LogP contribution is 2.11. The lowest BCUT2D eigenvalue weighted by molar-refractivity contribution is 0.993. The van der Waals surface area contributed by atoms with Crippen LogP contribution in [0.25, 0.3) is 11.2 Å². The van der Waals surface area contributed by atoms with E-state index >= 15 is 0 Å². The first-order chi connectivity index (χ1) is 7.79. The zero-order chi connectivity index (χ0) is 11.4. The number of fused-ring (bicyclic) bond motifs is 1. The summed E-state index contributed by atoms with van der Waals surface area (Å²) in [6, 6.07) is 3.87. The van der Waals surface area contributed by atoms with Crippen molar-refractivity contribution in [3.8, 4) is 0 Å². The number of thioether (sulfide) groups is 1. The van der Waals surface area contributed by atoms with Gasteiger partial charge in [0.25, 0.3) is 0 Å². The third-order valence-electron chi connectivity index (χ3n) is 2.30. The number of hydrogen-bond acceptors (Lipinski definition) is 5. The first kappa shape index (κ1) is 11.1. The van der Waals surface area contributed by atoms with E-state index in [0.717, 1.165) is 17.9 Å². The summed E-state index contributed by atoms with van der Waals surface area (Å²) in [4.78, 5) is 12.7. The van der Waals surface area contributed by atoms with Crippen molar-refractivity contribution in [2.24, 2.45) is 0 Å². The SMILES string of the molecule is CSC(C)CNc1ccc2nccnc2n1. The maximum atomic E-state index is 4.39. The maximum absolute atomic E-state index is 4.39. The molecule has 0 radical (unpaired) electrons. The minimum Gasteiger partial charge on any atom is -0.369 e. The Morgan fingerprint density at radius 1 is 1.31 bits per heavy atom. The highest BCUT2D eigenvalue weighted by molar-refractivity contribution is 7.99. The van der Waals surface area contributed by atoms with Crippen molar-refractivity contribution in [1.82, 2.24) is 15.0 Å². The van der Waals surface area contributed by atoms with Gasteiger partial charge in [0, 0.05) is 24.2 Å². The normalized spacial score (nSPS) is 12.6. The van der Waals surface area contributed by atoms with E-state index < -0.39 is 0 Å². The van der Waals surface area contributed by atoms with Crippen molar-refractivity contribution in [3.05, 3.63) is 24.5 Å². The van der Waals surface area contributed by atoms with Gasteiger partial charge in [-0.05, 0) is 18.4 Å². The Labute approximate surface area is 98.9 Å². The quantitative estimate of drug-likeness (QED) is 0.878. The van der Waals surface area contributed by atoms with E-state index in [1.807, 2.05) is 23.9 Å². The molecule has 16 heavy (non-hydrogen) atoms.